The predicted octanol–water partition coefficient (Wildman–Crippen LogP) is 3.47. The Labute approximate surface area is 166 Å². The van der Waals surface area contributed by atoms with Crippen molar-refractivity contribution in [1.82, 2.24) is 9.21 Å². The number of benzene rings is 1. The van der Waals surface area contributed by atoms with Crippen LogP contribution in [0.25, 0.3) is 0 Å². The molecule has 1 aromatic carbocycles. The molecule has 0 saturated carbocycles. The lowest BCUT2D eigenvalue weighted by molar-refractivity contribution is 0.0769. The average molecular weight is 415 g/mol. The Morgan fingerprint density at radius 3 is 2.52 bits per heavy atom. The van der Waals surface area contributed by atoms with Crippen LogP contribution in [0.15, 0.2) is 12.1 Å². The van der Waals surface area contributed by atoms with Crippen LogP contribution in [-0.2, 0) is 20.2 Å². The van der Waals surface area contributed by atoms with Crippen LogP contribution in [0.4, 0.5) is 4.79 Å². The fourth-order valence-corrected chi connectivity index (χ4v) is 5.68. The van der Waals surface area contributed by atoms with E-state index in [-0.39, 0.29) is 17.6 Å². The smallest absolute Gasteiger partial charge is 0.409 e. The van der Waals surface area contributed by atoms with Gasteiger partial charge in [0.25, 0.3) is 0 Å². The molecule has 1 fully saturated rings. The molecule has 2 aliphatic heterocycles. The molecule has 2 heterocycles. The number of hydrogen-bond donors (Lipinski definition) is 0. The second-order valence-electron chi connectivity index (χ2n) is 7.64. The van der Waals surface area contributed by atoms with Crippen molar-refractivity contribution in [3.05, 3.63) is 33.8 Å². The van der Waals surface area contributed by atoms with Gasteiger partial charge in [0.05, 0.1) is 12.9 Å². The molecule has 27 heavy (non-hydrogen) atoms. The fraction of sp³-hybridized carbons (Fsp3) is 0.632. The van der Waals surface area contributed by atoms with Crippen molar-refractivity contribution in [2.24, 2.45) is 0 Å². The van der Waals surface area contributed by atoms with Crippen LogP contribution in [-0.4, -0.2) is 56.2 Å². The van der Waals surface area contributed by atoms with Crippen molar-refractivity contribution in [3.63, 3.8) is 0 Å². The zero-order valence-electron chi connectivity index (χ0n) is 16.3. The first kappa shape index (κ1) is 20.4. The Morgan fingerprint density at radius 1 is 1.33 bits per heavy atom. The summed E-state index contributed by atoms with van der Waals surface area (Å²) in [7, 11) is -3.37. The maximum Gasteiger partial charge on any atom is 0.409 e. The minimum Gasteiger partial charge on any atom is -0.450 e. The monoisotopic (exact) mass is 414 g/mol. The molecule has 2 aliphatic rings. The highest BCUT2D eigenvalue weighted by Gasteiger charge is 2.47. The minimum atomic E-state index is -3.37. The van der Waals surface area contributed by atoms with E-state index in [2.05, 4.69) is 6.07 Å². The molecule has 0 aliphatic carbocycles. The summed E-state index contributed by atoms with van der Waals surface area (Å²) < 4.78 is 31.6. The summed E-state index contributed by atoms with van der Waals surface area (Å²) >= 11 is 6.36. The van der Waals surface area contributed by atoms with Crippen LogP contribution in [0.5, 0.6) is 0 Å². The minimum absolute atomic E-state index is 0.262. The fourth-order valence-electron chi connectivity index (χ4n) is 4.34. The zero-order valence-corrected chi connectivity index (χ0v) is 17.9. The summed E-state index contributed by atoms with van der Waals surface area (Å²) in [5, 5.41) is 0.648. The molecule has 1 saturated heterocycles. The molecular formula is C19H27ClN2O4S. The first-order valence-electron chi connectivity index (χ1n) is 9.28. The summed E-state index contributed by atoms with van der Waals surface area (Å²) in [5.41, 5.74) is 2.80. The van der Waals surface area contributed by atoms with Crippen LogP contribution in [0.1, 0.15) is 49.4 Å². The number of rotatable bonds is 2. The number of nitrogens with zero attached hydrogens (tertiary/aromatic N) is 2. The SMILES string of the molecule is CCOC(=O)N1CCC2(CC1)CN(S(C)(=O)=O)[C@H](C)c1cc(Cl)c(C)cc12. The van der Waals surface area contributed by atoms with Gasteiger partial charge in [0.15, 0.2) is 0 Å². The third kappa shape index (κ3) is 3.69. The van der Waals surface area contributed by atoms with Gasteiger partial charge in [-0.2, -0.15) is 4.31 Å². The van der Waals surface area contributed by atoms with Crippen LogP contribution < -0.4 is 0 Å². The Hall–Kier alpha value is -1.31. The predicted molar refractivity (Wildman–Crippen MR) is 106 cm³/mol. The van der Waals surface area contributed by atoms with E-state index in [4.69, 9.17) is 16.3 Å². The van der Waals surface area contributed by atoms with Gasteiger partial charge in [0, 0.05) is 36.1 Å². The Bertz CT molecular complexity index is 848. The molecule has 1 atom stereocenters. The highest BCUT2D eigenvalue weighted by Crippen LogP contribution is 2.47. The number of carbonyl (C=O) groups excluding carboxylic acids is 1. The van der Waals surface area contributed by atoms with Crippen LogP contribution in [0.2, 0.25) is 5.02 Å². The van der Waals surface area contributed by atoms with E-state index in [9.17, 15) is 13.2 Å². The van der Waals surface area contributed by atoms with E-state index in [1.807, 2.05) is 19.9 Å². The Balaban J connectivity index is 2.01. The largest absolute Gasteiger partial charge is 0.450 e. The van der Waals surface area contributed by atoms with E-state index in [1.54, 1.807) is 16.1 Å². The summed E-state index contributed by atoms with van der Waals surface area (Å²) in [6.07, 6.45) is 2.34. The number of piperidine rings is 1. The number of likely N-dealkylation sites (tertiary alicyclic amines) is 1. The summed E-state index contributed by atoms with van der Waals surface area (Å²) in [6.45, 7) is 7.54. The highest BCUT2D eigenvalue weighted by atomic mass is 35.5. The van der Waals surface area contributed by atoms with Gasteiger partial charge in [-0.15, -0.1) is 0 Å². The Morgan fingerprint density at radius 2 is 1.96 bits per heavy atom. The quantitative estimate of drug-likeness (QED) is 0.743. The molecule has 0 unspecified atom stereocenters. The third-order valence-corrected chi connectivity index (χ3v) is 7.62. The number of hydrogen-bond acceptors (Lipinski definition) is 4. The molecule has 3 rings (SSSR count). The molecule has 1 aromatic rings. The maximum absolute atomic E-state index is 12.5. The van der Waals surface area contributed by atoms with Gasteiger partial charge >= 0.3 is 6.09 Å². The number of carbonyl (C=O) groups is 1. The standard InChI is InChI=1S/C19H27ClN2O4S/c1-5-26-18(23)21-8-6-19(7-9-21)12-22(27(4,24)25)14(3)15-11-17(20)13(2)10-16(15)19/h10-11,14H,5-9,12H2,1-4H3/t14-/m1/s1. The Kier molecular flexibility index (Phi) is 5.49. The third-order valence-electron chi connectivity index (χ3n) is 5.92. The molecule has 1 spiro atoms. The van der Waals surface area contributed by atoms with Crippen LogP contribution in [0, 0.1) is 6.92 Å². The maximum atomic E-state index is 12.5. The molecule has 150 valence electrons. The number of aryl methyl sites for hydroxylation is 1. The van der Waals surface area contributed by atoms with Crippen molar-refractivity contribution in [2.75, 3.05) is 32.5 Å². The average Bonchev–Trinajstić information content (AvgIpc) is 2.60. The van der Waals surface area contributed by atoms with Crippen molar-refractivity contribution in [3.8, 4) is 0 Å². The second kappa shape index (κ2) is 7.26. The molecule has 6 nitrogen and oxygen atoms in total. The highest BCUT2D eigenvalue weighted by molar-refractivity contribution is 7.88. The van der Waals surface area contributed by atoms with Gasteiger partial charge in [-0.05, 0) is 56.4 Å². The van der Waals surface area contributed by atoms with E-state index >= 15 is 0 Å². The molecule has 0 N–H and O–H groups in total. The normalized spacial score (nSPS) is 22.6. The van der Waals surface area contributed by atoms with Gasteiger partial charge in [-0.3, -0.25) is 0 Å². The lowest BCUT2D eigenvalue weighted by Crippen LogP contribution is -2.54. The summed E-state index contributed by atoms with van der Waals surface area (Å²) in [6, 6.07) is 3.75. The van der Waals surface area contributed by atoms with Crippen molar-refractivity contribution >= 4 is 27.7 Å². The number of ether oxygens (including phenoxy) is 1. The van der Waals surface area contributed by atoms with Crippen molar-refractivity contribution < 1.29 is 17.9 Å². The van der Waals surface area contributed by atoms with Gasteiger partial charge in [0.2, 0.25) is 10.0 Å². The topological polar surface area (TPSA) is 66.9 Å². The van der Waals surface area contributed by atoms with Gasteiger partial charge < -0.3 is 9.64 Å². The molecule has 0 aromatic heterocycles. The van der Waals surface area contributed by atoms with Crippen molar-refractivity contribution in [1.29, 1.82) is 0 Å². The van der Waals surface area contributed by atoms with Crippen LogP contribution in [0.3, 0.4) is 0 Å². The van der Waals surface area contributed by atoms with E-state index in [0.717, 1.165) is 11.1 Å². The first-order chi connectivity index (χ1) is 12.6. The molecular weight excluding hydrogens is 388 g/mol. The number of halogens is 1. The first-order valence-corrected chi connectivity index (χ1v) is 11.5. The second-order valence-corrected chi connectivity index (χ2v) is 9.98. The van der Waals surface area contributed by atoms with Gasteiger partial charge in [-0.25, -0.2) is 13.2 Å². The number of sulfonamides is 1. The number of amides is 1. The van der Waals surface area contributed by atoms with E-state index in [0.29, 0.717) is 44.1 Å². The number of fused-ring (bicyclic) bond motifs is 2. The van der Waals surface area contributed by atoms with Gasteiger partial charge in [0.1, 0.15) is 0 Å². The van der Waals surface area contributed by atoms with Gasteiger partial charge in [-0.1, -0.05) is 17.7 Å². The summed E-state index contributed by atoms with van der Waals surface area (Å²) in [4.78, 5) is 13.8. The van der Waals surface area contributed by atoms with E-state index in [1.165, 1.54) is 11.8 Å². The molecule has 1 amide bonds. The van der Waals surface area contributed by atoms with E-state index < -0.39 is 10.0 Å². The molecule has 8 heteroatoms. The lowest BCUT2D eigenvalue weighted by Gasteiger charge is -2.50. The molecule has 0 radical (unpaired) electrons. The summed E-state index contributed by atoms with van der Waals surface area (Å²) in [5.74, 6) is 0. The lowest BCUT2D eigenvalue weighted by atomic mass is 9.68. The zero-order chi connectivity index (χ0) is 20.0. The van der Waals surface area contributed by atoms with Crippen LogP contribution >= 0.6 is 11.6 Å². The molecule has 0 bridgehead atoms. The van der Waals surface area contributed by atoms with Crippen molar-refractivity contribution in [2.45, 2.75) is 45.1 Å².